The van der Waals surface area contributed by atoms with Crippen molar-refractivity contribution in [3.05, 3.63) is 35.5 Å². The van der Waals surface area contributed by atoms with Gasteiger partial charge in [0.25, 0.3) is 0 Å². The molecule has 0 nitrogen and oxygen atoms in total. The van der Waals surface area contributed by atoms with E-state index in [4.69, 9.17) is 0 Å². The highest BCUT2D eigenvalue weighted by Gasteiger charge is 2.58. The van der Waals surface area contributed by atoms with E-state index < -0.39 is 0 Å². The lowest BCUT2D eigenvalue weighted by Gasteiger charge is -2.62. The van der Waals surface area contributed by atoms with Crippen molar-refractivity contribution in [1.82, 2.24) is 0 Å². The fraction of sp³-hybridized carbons (Fsp3) is 0.727. The van der Waals surface area contributed by atoms with Gasteiger partial charge in [0, 0.05) is 5.41 Å². The van der Waals surface area contributed by atoms with Crippen LogP contribution in [0, 0.1) is 46.3 Å². The third kappa shape index (κ3) is 1.70. The molecule has 8 unspecified atom stereocenters. The van der Waals surface area contributed by atoms with Crippen molar-refractivity contribution < 1.29 is 0 Å². The zero-order valence-electron chi connectivity index (χ0n) is 15.8. The lowest BCUT2D eigenvalue weighted by molar-refractivity contribution is -0.0331. The molecule has 0 aromatic heterocycles. The maximum atomic E-state index is 2.60. The van der Waals surface area contributed by atoms with Crippen LogP contribution in [0.15, 0.2) is 35.5 Å². The quantitative estimate of drug-likeness (QED) is 0.494. The molecule has 3 aliphatic carbocycles. The van der Waals surface area contributed by atoms with Gasteiger partial charge in [0.2, 0.25) is 0 Å². The highest BCUT2D eigenvalue weighted by molar-refractivity contribution is 5.46. The average Bonchev–Trinajstić information content (AvgIpc) is 2.49. The van der Waals surface area contributed by atoms with Gasteiger partial charge in [-0.3, -0.25) is 0 Å². The number of rotatable bonds is 0. The first-order valence-electron chi connectivity index (χ1n) is 9.27. The van der Waals surface area contributed by atoms with E-state index in [0.29, 0.717) is 23.2 Å². The topological polar surface area (TPSA) is 0 Å². The highest BCUT2D eigenvalue weighted by atomic mass is 14.6. The molecule has 0 heterocycles. The van der Waals surface area contributed by atoms with Gasteiger partial charge in [-0.25, -0.2) is 0 Å². The predicted octanol–water partition coefficient (Wildman–Crippen LogP) is 6.27. The molecule has 8 atom stereocenters. The molecule has 0 bridgehead atoms. The summed E-state index contributed by atoms with van der Waals surface area (Å²) >= 11 is 0. The van der Waals surface area contributed by atoms with Crippen LogP contribution in [0.5, 0.6) is 0 Å². The van der Waals surface area contributed by atoms with E-state index in [2.05, 4.69) is 79.7 Å². The Hall–Kier alpha value is -0.780. The fourth-order valence-electron chi connectivity index (χ4n) is 6.03. The number of hydrogen-bond donors (Lipinski definition) is 0. The van der Waals surface area contributed by atoms with Crippen LogP contribution in [0.3, 0.4) is 0 Å². The molecule has 0 aliphatic heterocycles. The van der Waals surface area contributed by atoms with Crippen LogP contribution < -0.4 is 0 Å². The zero-order chi connectivity index (χ0) is 16.4. The summed E-state index contributed by atoms with van der Waals surface area (Å²) in [5, 5.41) is 0. The maximum Gasteiger partial charge on any atom is 0.00188 e. The Labute approximate surface area is 137 Å². The summed E-state index contributed by atoms with van der Waals surface area (Å²) in [6.45, 7) is 19.9. The van der Waals surface area contributed by atoms with E-state index in [1.165, 1.54) is 0 Å². The molecule has 1 fully saturated rings. The zero-order valence-corrected chi connectivity index (χ0v) is 15.8. The molecule has 0 amide bonds. The molecule has 0 aromatic carbocycles. The minimum Gasteiger partial charge on any atom is -0.0808 e. The molecular formula is C22H34. The summed E-state index contributed by atoms with van der Waals surface area (Å²) in [6, 6.07) is 0. The van der Waals surface area contributed by atoms with Gasteiger partial charge in [0.05, 0.1) is 0 Å². The minimum absolute atomic E-state index is 0.279. The summed E-state index contributed by atoms with van der Waals surface area (Å²) in [5.74, 6) is 4.32. The van der Waals surface area contributed by atoms with Gasteiger partial charge in [0.15, 0.2) is 0 Å². The normalized spacial score (nSPS) is 54.2. The Balaban J connectivity index is 2.23. The lowest BCUT2D eigenvalue weighted by Crippen LogP contribution is -2.55. The van der Waals surface area contributed by atoms with Crippen LogP contribution in [0.4, 0.5) is 0 Å². The van der Waals surface area contributed by atoms with Crippen LogP contribution in [0.25, 0.3) is 0 Å². The second-order valence-electron chi connectivity index (χ2n) is 8.98. The van der Waals surface area contributed by atoms with Crippen molar-refractivity contribution in [3.63, 3.8) is 0 Å². The van der Waals surface area contributed by atoms with Crippen LogP contribution in [0.1, 0.15) is 55.4 Å². The van der Waals surface area contributed by atoms with Crippen molar-refractivity contribution in [3.8, 4) is 0 Å². The summed E-state index contributed by atoms with van der Waals surface area (Å²) in [5.41, 5.74) is 3.91. The molecule has 0 spiro atoms. The Kier molecular flexibility index (Phi) is 3.55. The average molecular weight is 299 g/mol. The summed E-state index contributed by atoms with van der Waals surface area (Å²) in [6.07, 6.45) is 9.66. The van der Waals surface area contributed by atoms with Crippen molar-refractivity contribution in [2.24, 2.45) is 46.3 Å². The van der Waals surface area contributed by atoms with Crippen LogP contribution in [-0.2, 0) is 0 Å². The van der Waals surface area contributed by atoms with Gasteiger partial charge in [-0.2, -0.15) is 0 Å². The fourth-order valence-corrected chi connectivity index (χ4v) is 6.03. The first kappa shape index (κ1) is 16.1. The molecule has 3 rings (SSSR count). The predicted molar refractivity (Wildman–Crippen MR) is 96.5 cm³/mol. The van der Waals surface area contributed by atoms with Crippen molar-refractivity contribution in [2.45, 2.75) is 55.4 Å². The van der Waals surface area contributed by atoms with Gasteiger partial charge < -0.3 is 0 Å². The summed E-state index contributed by atoms with van der Waals surface area (Å²) in [7, 11) is 0. The molecule has 1 saturated carbocycles. The summed E-state index contributed by atoms with van der Waals surface area (Å²) in [4.78, 5) is 0. The first-order valence-corrected chi connectivity index (χ1v) is 9.27. The van der Waals surface area contributed by atoms with Crippen molar-refractivity contribution in [1.29, 1.82) is 0 Å². The van der Waals surface area contributed by atoms with Gasteiger partial charge in [-0.1, -0.05) is 85.3 Å². The number of allylic oxidation sites excluding steroid dienone is 6. The largest absolute Gasteiger partial charge is 0.0808 e. The van der Waals surface area contributed by atoms with Crippen LogP contribution >= 0.6 is 0 Å². The Morgan fingerprint density at radius 2 is 1.50 bits per heavy atom. The van der Waals surface area contributed by atoms with Crippen molar-refractivity contribution >= 4 is 0 Å². The smallest absolute Gasteiger partial charge is 0.00188 e. The molecule has 22 heavy (non-hydrogen) atoms. The van der Waals surface area contributed by atoms with Gasteiger partial charge >= 0.3 is 0 Å². The van der Waals surface area contributed by atoms with Gasteiger partial charge in [0.1, 0.15) is 0 Å². The molecule has 0 radical (unpaired) electrons. The van der Waals surface area contributed by atoms with E-state index in [9.17, 15) is 0 Å². The van der Waals surface area contributed by atoms with E-state index >= 15 is 0 Å². The lowest BCUT2D eigenvalue weighted by atomic mass is 9.42. The third-order valence-electron chi connectivity index (χ3n) is 8.82. The van der Waals surface area contributed by atoms with E-state index in [-0.39, 0.29) is 5.41 Å². The molecule has 3 aliphatic rings. The van der Waals surface area contributed by atoms with Gasteiger partial charge in [-0.05, 0) is 46.5 Å². The van der Waals surface area contributed by atoms with E-state index in [1.807, 2.05) is 0 Å². The second-order valence-corrected chi connectivity index (χ2v) is 8.98. The van der Waals surface area contributed by atoms with Crippen LogP contribution in [0.2, 0.25) is 0 Å². The molecule has 0 heteroatoms. The van der Waals surface area contributed by atoms with E-state index in [0.717, 1.165) is 17.8 Å². The van der Waals surface area contributed by atoms with Crippen LogP contribution in [-0.4, -0.2) is 0 Å². The maximum absolute atomic E-state index is 2.60. The van der Waals surface area contributed by atoms with E-state index in [1.54, 1.807) is 11.1 Å². The Morgan fingerprint density at radius 3 is 2.14 bits per heavy atom. The SMILES string of the molecule is CC1C2=CC3=CC=CC(C)C3(C)C(C)C2(C)C(C)C(C)C1C. The number of hydrogen-bond acceptors (Lipinski definition) is 0. The molecule has 0 aromatic rings. The molecule has 0 saturated heterocycles. The minimum atomic E-state index is 0.279. The molecule has 122 valence electrons. The van der Waals surface area contributed by atoms with Gasteiger partial charge in [-0.15, -0.1) is 0 Å². The third-order valence-corrected chi connectivity index (χ3v) is 8.82. The van der Waals surface area contributed by atoms with Crippen molar-refractivity contribution in [2.75, 3.05) is 0 Å². The molecular weight excluding hydrogens is 264 g/mol. The Morgan fingerprint density at radius 1 is 0.864 bits per heavy atom. The monoisotopic (exact) mass is 298 g/mol. The highest BCUT2D eigenvalue weighted by Crippen LogP contribution is 2.66. The summed E-state index contributed by atoms with van der Waals surface area (Å²) < 4.78 is 0. The second kappa shape index (κ2) is 4.86. The molecule has 0 N–H and O–H groups in total. The number of fused-ring (bicyclic) bond motifs is 2. The first-order chi connectivity index (χ1) is 10.2. The Bertz CT molecular complexity index is 563. The standard InChI is InChI=1S/C22H34/c1-13-10-9-11-19-12-20-16(4)14(2)15(3)17(5)22(20,8)18(6)21(13,19)7/h9-18H,1-8H3.